The summed E-state index contributed by atoms with van der Waals surface area (Å²) in [5.41, 5.74) is 7.05. The first-order valence-electron chi connectivity index (χ1n) is 22.6. The first kappa shape index (κ1) is 48.8. The van der Waals surface area contributed by atoms with Gasteiger partial charge in [-0.3, -0.25) is 19.2 Å². The van der Waals surface area contributed by atoms with Gasteiger partial charge in [0.2, 0.25) is 23.1 Å². The number of hydrogen-bond donors (Lipinski definition) is 4. The maximum Gasteiger partial charge on any atom is 0.232 e. The summed E-state index contributed by atoms with van der Waals surface area (Å²) in [7, 11) is 5.65. The highest BCUT2D eigenvalue weighted by molar-refractivity contribution is 6.49. The van der Waals surface area contributed by atoms with E-state index in [-0.39, 0.29) is 50.8 Å². The van der Waals surface area contributed by atoms with E-state index in [2.05, 4.69) is 33.1 Å². The Hall–Kier alpha value is -8.68. The van der Waals surface area contributed by atoms with Crippen molar-refractivity contribution in [3.8, 4) is 0 Å². The Kier molecular flexibility index (Phi) is 12.8. The zero-order chi connectivity index (χ0) is 49.8. The zero-order valence-corrected chi connectivity index (χ0v) is 40.7. The summed E-state index contributed by atoms with van der Waals surface area (Å²) < 4.78 is 22.6. The molecule has 2 aliphatic rings. The smallest absolute Gasteiger partial charge is 0.232 e. The van der Waals surface area contributed by atoms with Crippen LogP contribution in [0.2, 0.25) is 0 Å². The number of Topliss-reactive ketones (excluding diaryl/α,β-unsaturated/α-hetero) is 4. The van der Waals surface area contributed by atoms with Crippen LogP contribution in [0.25, 0.3) is 65.9 Å². The van der Waals surface area contributed by atoms with Crippen molar-refractivity contribution in [1.29, 1.82) is 0 Å². The van der Waals surface area contributed by atoms with Crippen LogP contribution in [0.1, 0.15) is 61.3 Å². The molecule has 0 amide bonds. The van der Waals surface area contributed by atoms with E-state index >= 15 is 0 Å². The van der Waals surface area contributed by atoms with Crippen LogP contribution in [0.3, 0.4) is 0 Å². The largest absolute Gasteiger partial charge is 0.492 e. The lowest BCUT2D eigenvalue weighted by Crippen LogP contribution is -2.26. The maximum atomic E-state index is 14.1. The second-order valence-corrected chi connectivity index (χ2v) is 18.1. The van der Waals surface area contributed by atoms with E-state index in [1.54, 1.807) is 12.4 Å². The molecule has 0 aliphatic heterocycles. The fourth-order valence-electron chi connectivity index (χ4n) is 9.57. The molecular weight excluding hydrogens is 897 g/mol. The third-order valence-electron chi connectivity index (χ3n) is 13.4. The van der Waals surface area contributed by atoms with Crippen LogP contribution < -0.4 is 0 Å². The number of rotatable bonds is 12. The Balaban J connectivity index is 0.000000188. The molecule has 4 aromatic heterocycles. The van der Waals surface area contributed by atoms with E-state index in [9.17, 15) is 19.2 Å². The molecule has 0 bridgehead atoms. The van der Waals surface area contributed by atoms with Crippen molar-refractivity contribution in [3.05, 3.63) is 191 Å². The van der Waals surface area contributed by atoms with E-state index < -0.39 is 34.0 Å². The van der Waals surface area contributed by atoms with Crippen LogP contribution in [-0.2, 0) is 49.0 Å². The Morgan fingerprint density at radius 3 is 1.03 bits per heavy atom. The van der Waals surface area contributed by atoms with Crippen molar-refractivity contribution < 1.29 is 43.6 Å². The molecule has 360 valence electrons. The van der Waals surface area contributed by atoms with E-state index in [4.69, 9.17) is 18.9 Å². The molecule has 8 aromatic rings. The second-order valence-electron chi connectivity index (χ2n) is 18.1. The number of aromatic amines is 4. The van der Waals surface area contributed by atoms with Gasteiger partial charge in [-0.25, -0.2) is 0 Å². The van der Waals surface area contributed by atoms with Gasteiger partial charge in [-0.15, -0.1) is 13.2 Å². The van der Waals surface area contributed by atoms with E-state index in [1.165, 1.54) is 28.4 Å². The zero-order valence-electron chi connectivity index (χ0n) is 40.7. The van der Waals surface area contributed by atoms with Gasteiger partial charge in [-0.05, 0) is 24.3 Å². The minimum Gasteiger partial charge on any atom is -0.492 e. The van der Waals surface area contributed by atoms with Gasteiger partial charge in [0.25, 0.3) is 0 Å². The summed E-state index contributed by atoms with van der Waals surface area (Å²) in [5, 5.41) is 3.26. The van der Waals surface area contributed by atoms with Gasteiger partial charge in [-0.2, -0.15) is 0 Å². The molecule has 4 heterocycles. The van der Waals surface area contributed by atoms with Gasteiger partial charge in [-0.1, -0.05) is 113 Å². The van der Waals surface area contributed by atoms with Crippen LogP contribution in [0.15, 0.2) is 158 Å². The first-order valence-corrected chi connectivity index (χ1v) is 22.6. The number of hydrogen-bond acceptors (Lipinski definition) is 8. The molecule has 10 rings (SSSR count). The molecule has 13 heteroatoms. The van der Waals surface area contributed by atoms with Crippen molar-refractivity contribution in [2.45, 2.75) is 38.5 Å². The molecule has 0 atom stereocenters. The van der Waals surface area contributed by atoms with Crippen LogP contribution in [0.4, 0.5) is 0 Å². The number of H-pyrrole nitrogens is 4. The monoisotopic (exact) mass is 950 g/mol. The van der Waals surface area contributed by atoms with Crippen molar-refractivity contribution in [2.24, 2.45) is 0 Å². The first-order chi connectivity index (χ1) is 33.7. The number of nitrogens with one attached hydrogen (secondary N) is 4. The van der Waals surface area contributed by atoms with Gasteiger partial charge >= 0.3 is 0 Å². The number of para-hydroxylation sites is 4. The molecule has 0 fully saturated rings. The van der Waals surface area contributed by atoms with Gasteiger partial charge in [0.05, 0.1) is 50.7 Å². The third kappa shape index (κ3) is 7.71. The Labute approximate surface area is 409 Å². The molecule has 13 nitrogen and oxygen atoms in total. The number of allylic oxidation sites excluding steroid dienone is 6. The van der Waals surface area contributed by atoms with Crippen molar-refractivity contribution >= 4 is 89.0 Å². The molecule has 0 saturated heterocycles. The van der Waals surface area contributed by atoms with Crippen molar-refractivity contribution in [2.75, 3.05) is 28.4 Å². The number of fused-ring (bicyclic) bond motifs is 4. The minimum absolute atomic E-state index is 0. The standard InChI is InChI=1S/2C29H26N2O4.H2O/c2*1-6-29(2,3)28-21(17-12-8-10-14-20(17)31-28)23-25(33)26(34-4)22(24(32)27(23)35-5)18-15-30-19-13-9-7-11-16(18)19;/h2*6-15,30-31H,1H2,2-5H3;1H2. The van der Waals surface area contributed by atoms with Crippen LogP contribution in [-0.4, -0.2) is 77.0 Å². The van der Waals surface area contributed by atoms with Gasteiger partial charge < -0.3 is 44.4 Å². The average molecular weight is 951 g/mol. The van der Waals surface area contributed by atoms with Gasteiger partial charge in [0.1, 0.15) is 0 Å². The van der Waals surface area contributed by atoms with Crippen LogP contribution >= 0.6 is 0 Å². The normalized spacial score (nSPS) is 14.6. The second kappa shape index (κ2) is 18.7. The van der Waals surface area contributed by atoms with E-state index in [0.717, 1.165) is 55.0 Å². The molecule has 2 aliphatic carbocycles. The summed E-state index contributed by atoms with van der Waals surface area (Å²) in [4.78, 5) is 69.4. The molecule has 0 spiro atoms. The van der Waals surface area contributed by atoms with E-state index in [0.29, 0.717) is 22.3 Å². The highest BCUT2D eigenvalue weighted by Gasteiger charge is 2.44. The number of methoxy groups -OCH3 is 4. The van der Waals surface area contributed by atoms with Crippen molar-refractivity contribution in [1.82, 2.24) is 19.9 Å². The predicted octanol–water partition coefficient (Wildman–Crippen LogP) is 10.5. The molecular formula is C58H54N4O9. The topological polar surface area (TPSA) is 200 Å². The number of benzene rings is 4. The summed E-state index contributed by atoms with van der Waals surface area (Å²) in [5.74, 6) is -1.67. The number of ether oxygens (including phenoxy) is 4. The Bertz CT molecular complexity index is 3430. The molecule has 71 heavy (non-hydrogen) atoms. The molecule has 4 aromatic carbocycles. The lowest BCUT2D eigenvalue weighted by Gasteiger charge is -2.26. The molecule has 6 N–H and O–H groups in total. The SMILES string of the molecule is C=CC(C)(C)c1[nH]c2ccccc2c1C1=C(OC)C(=O)C(c2c[nH]c3ccccc23)=C(OC)C1=O.C=CC(C)(C)c1[nH]c2ccccc2c1C1=C(OC)C(=O)C(c2c[nH]c3ccccc23)=C(OC)C1=O.O. The average Bonchev–Trinajstić information content (AvgIpc) is 4.18. The Morgan fingerprint density at radius 2 is 0.704 bits per heavy atom. The fourth-order valence-corrected chi connectivity index (χ4v) is 9.57. The summed E-state index contributed by atoms with van der Waals surface area (Å²) >= 11 is 0. The fraction of sp³-hybridized carbons (Fsp3) is 0.172. The summed E-state index contributed by atoms with van der Waals surface area (Å²) in [6, 6.07) is 30.6. The van der Waals surface area contributed by atoms with Crippen LogP contribution in [0, 0.1) is 0 Å². The number of carbonyl (C=O) groups excluding carboxylic acids is 4. The highest BCUT2D eigenvalue weighted by Crippen LogP contribution is 2.46. The predicted molar refractivity (Wildman–Crippen MR) is 279 cm³/mol. The Morgan fingerprint density at radius 1 is 0.423 bits per heavy atom. The number of aromatic nitrogens is 4. The minimum atomic E-state index is -0.516. The van der Waals surface area contributed by atoms with Gasteiger partial charge in [0, 0.05) is 100 Å². The highest BCUT2D eigenvalue weighted by atomic mass is 16.5. The third-order valence-corrected chi connectivity index (χ3v) is 13.4. The lowest BCUT2D eigenvalue weighted by atomic mass is 9.80. The van der Waals surface area contributed by atoms with E-state index in [1.807, 2.05) is 137 Å². The number of ketones is 4. The summed E-state index contributed by atoms with van der Waals surface area (Å²) in [6.07, 6.45) is 7.07. The quantitative estimate of drug-likeness (QED) is 0.0684. The molecule has 0 radical (unpaired) electrons. The van der Waals surface area contributed by atoms with Crippen LogP contribution in [0.5, 0.6) is 0 Å². The van der Waals surface area contributed by atoms with Gasteiger partial charge in [0.15, 0.2) is 23.0 Å². The summed E-state index contributed by atoms with van der Waals surface area (Å²) in [6.45, 7) is 16.0. The lowest BCUT2D eigenvalue weighted by molar-refractivity contribution is -0.117. The molecule has 0 saturated carbocycles. The maximum absolute atomic E-state index is 14.1. The molecule has 0 unspecified atom stereocenters. The van der Waals surface area contributed by atoms with Crippen molar-refractivity contribution in [3.63, 3.8) is 0 Å². The number of carbonyl (C=O) groups is 4.